The second-order valence-corrected chi connectivity index (χ2v) is 6.09. The molecule has 0 unspecified atom stereocenters. The zero-order valence-electron chi connectivity index (χ0n) is 13.1. The molecule has 0 saturated carbocycles. The Balaban J connectivity index is 2.34. The van der Waals surface area contributed by atoms with Gasteiger partial charge in [-0.05, 0) is 50.9 Å². The Morgan fingerprint density at radius 2 is 1.65 bits per heavy atom. The zero-order chi connectivity index (χ0) is 15.0. The molecule has 1 aromatic carbocycles. The Hall–Kier alpha value is -1.04. The van der Waals surface area contributed by atoms with Crippen LogP contribution in [0.3, 0.4) is 0 Å². The van der Waals surface area contributed by atoms with Crippen LogP contribution in [0.2, 0.25) is 0 Å². The summed E-state index contributed by atoms with van der Waals surface area (Å²) in [6, 6.07) is 5.86. The van der Waals surface area contributed by atoms with E-state index in [2.05, 4.69) is 0 Å². The molecule has 0 aliphatic carbocycles. The maximum absolute atomic E-state index is 6.09. The molecule has 0 bridgehead atoms. The van der Waals surface area contributed by atoms with E-state index in [0.717, 1.165) is 16.8 Å². The van der Waals surface area contributed by atoms with Crippen molar-refractivity contribution in [3.05, 3.63) is 23.8 Å². The highest BCUT2D eigenvalue weighted by Gasteiger charge is 2.52. The van der Waals surface area contributed by atoms with Crippen molar-refractivity contribution in [1.82, 2.24) is 0 Å². The Morgan fingerprint density at radius 3 is 2.15 bits per heavy atom. The van der Waals surface area contributed by atoms with E-state index in [4.69, 9.17) is 18.8 Å². The van der Waals surface area contributed by atoms with Gasteiger partial charge < -0.3 is 18.8 Å². The minimum Gasteiger partial charge on any atom is -0.497 e. The number of ether oxygens (including phenoxy) is 2. The standard InChI is InChI=1S/C15H23BO4/c1-14(2)15(3,4)20-16(19-14)13-8-7-12(18-6)9-11(13)10-17-5/h7-9H,10H2,1-6H3. The van der Waals surface area contributed by atoms with E-state index in [1.807, 2.05) is 45.9 Å². The lowest BCUT2D eigenvalue weighted by Gasteiger charge is -2.32. The third kappa shape index (κ3) is 2.71. The molecule has 2 rings (SSSR count). The van der Waals surface area contributed by atoms with E-state index < -0.39 is 0 Å². The van der Waals surface area contributed by atoms with Gasteiger partial charge in [0.05, 0.1) is 24.9 Å². The average Bonchev–Trinajstić information content (AvgIpc) is 2.58. The molecule has 1 saturated heterocycles. The third-order valence-electron chi connectivity index (χ3n) is 4.16. The van der Waals surface area contributed by atoms with Gasteiger partial charge in [0.1, 0.15) is 5.75 Å². The van der Waals surface area contributed by atoms with Crippen LogP contribution < -0.4 is 10.2 Å². The molecule has 0 N–H and O–H groups in total. The number of benzene rings is 1. The maximum Gasteiger partial charge on any atom is 0.495 e. The highest BCUT2D eigenvalue weighted by Crippen LogP contribution is 2.36. The molecule has 1 fully saturated rings. The summed E-state index contributed by atoms with van der Waals surface area (Å²) in [6.45, 7) is 8.69. The molecule has 1 aliphatic rings. The molecule has 0 spiro atoms. The van der Waals surface area contributed by atoms with Crippen LogP contribution in [0.5, 0.6) is 5.75 Å². The van der Waals surface area contributed by atoms with Gasteiger partial charge in [-0.1, -0.05) is 6.07 Å². The summed E-state index contributed by atoms with van der Waals surface area (Å²) in [7, 11) is 2.95. The van der Waals surface area contributed by atoms with Crippen molar-refractivity contribution >= 4 is 12.6 Å². The monoisotopic (exact) mass is 278 g/mol. The molecule has 5 heteroatoms. The van der Waals surface area contributed by atoms with Crippen molar-refractivity contribution in [3.8, 4) is 5.75 Å². The predicted octanol–water partition coefficient (Wildman–Crippen LogP) is 2.14. The Labute approximate surface area is 121 Å². The molecule has 1 heterocycles. The van der Waals surface area contributed by atoms with Crippen LogP contribution in [-0.4, -0.2) is 32.5 Å². The summed E-state index contributed by atoms with van der Waals surface area (Å²) in [5.41, 5.74) is 1.32. The average molecular weight is 278 g/mol. The van der Waals surface area contributed by atoms with E-state index in [-0.39, 0.29) is 18.3 Å². The first kappa shape index (κ1) is 15.4. The fourth-order valence-corrected chi connectivity index (χ4v) is 2.19. The molecule has 0 amide bonds. The molecule has 1 aromatic rings. The summed E-state index contributed by atoms with van der Waals surface area (Å²) >= 11 is 0. The topological polar surface area (TPSA) is 36.9 Å². The van der Waals surface area contributed by atoms with Crippen LogP contribution in [-0.2, 0) is 20.7 Å². The molecule has 0 atom stereocenters. The highest BCUT2D eigenvalue weighted by molar-refractivity contribution is 6.62. The quantitative estimate of drug-likeness (QED) is 0.791. The van der Waals surface area contributed by atoms with Crippen LogP contribution in [0.4, 0.5) is 0 Å². The lowest BCUT2D eigenvalue weighted by Crippen LogP contribution is -2.41. The smallest absolute Gasteiger partial charge is 0.495 e. The number of hydrogen-bond acceptors (Lipinski definition) is 4. The van der Waals surface area contributed by atoms with Crippen molar-refractivity contribution < 1.29 is 18.8 Å². The molecule has 20 heavy (non-hydrogen) atoms. The van der Waals surface area contributed by atoms with E-state index >= 15 is 0 Å². The van der Waals surface area contributed by atoms with Crippen molar-refractivity contribution in [2.75, 3.05) is 14.2 Å². The van der Waals surface area contributed by atoms with Crippen LogP contribution >= 0.6 is 0 Å². The molecule has 0 aromatic heterocycles. The molecular formula is C15H23BO4. The van der Waals surface area contributed by atoms with E-state index in [0.29, 0.717) is 6.61 Å². The van der Waals surface area contributed by atoms with Crippen molar-refractivity contribution in [2.45, 2.75) is 45.5 Å². The second kappa shape index (κ2) is 5.39. The largest absolute Gasteiger partial charge is 0.497 e. The molecule has 110 valence electrons. The van der Waals surface area contributed by atoms with Gasteiger partial charge in [-0.3, -0.25) is 0 Å². The molecule has 1 aliphatic heterocycles. The maximum atomic E-state index is 6.09. The first-order valence-electron chi connectivity index (χ1n) is 6.82. The van der Waals surface area contributed by atoms with Gasteiger partial charge in [0.25, 0.3) is 0 Å². The van der Waals surface area contributed by atoms with Gasteiger partial charge in [0.15, 0.2) is 0 Å². The normalized spacial score (nSPS) is 20.2. The SMILES string of the molecule is COCc1cc(OC)ccc1B1OC(C)(C)C(C)(C)O1. The van der Waals surface area contributed by atoms with E-state index in [1.54, 1.807) is 14.2 Å². The van der Waals surface area contributed by atoms with Crippen LogP contribution in [0.1, 0.15) is 33.3 Å². The summed E-state index contributed by atoms with van der Waals surface area (Å²) in [5, 5.41) is 0. The molecule has 4 nitrogen and oxygen atoms in total. The van der Waals surface area contributed by atoms with Gasteiger partial charge in [0.2, 0.25) is 0 Å². The lowest BCUT2D eigenvalue weighted by atomic mass is 9.76. The Morgan fingerprint density at radius 1 is 1.05 bits per heavy atom. The third-order valence-corrected chi connectivity index (χ3v) is 4.16. The summed E-state index contributed by atoms with van der Waals surface area (Å²) in [6.07, 6.45) is 0. The van der Waals surface area contributed by atoms with Crippen molar-refractivity contribution in [2.24, 2.45) is 0 Å². The van der Waals surface area contributed by atoms with Crippen molar-refractivity contribution in [1.29, 1.82) is 0 Å². The molecule has 0 radical (unpaired) electrons. The lowest BCUT2D eigenvalue weighted by molar-refractivity contribution is 0.00578. The minimum atomic E-state index is -0.379. The minimum absolute atomic E-state index is 0.345. The van der Waals surface area contributed by atoms with Crippen molar-refractivity contribution in [3.63, 3.8) is 0 Å². The summed E-state index contributed by atoms with van der Waals surface area (Å²) < 4.78 is 22.7. The summed E-state index contributed by atoms with van der Waals surface area (Å²) in [4.78, 5) is 0. The first-order valence-corrected chi connectivity index (χ1v) is 6.82. The highest BCUT2D eigenvalue weighted by atomic mass is 16.7. The van der Waals surface area contributed by atoms with Gasteiger partial charge >= 0.3 is 7.12 Å². The fourth-order valence-electron chi connectivity index (χ4n) is 2.19. The predicted molar refractivity (Wildman–Crippen MR) is 79.4 cm³/mol. The first-order chi connectivity index (χ1) is 9.30. The van der Waals surface area contributed by atoms with Crippen LogP contribution in [0.25, 0.3) is 0 Å². The van der Waals surface area contributed by atoms with E-state index in [1.165, 1.54) is 0 Å². The Bertz CT molecular complexity index is 469. The number of rotatable bonds is 4. The number of methoxy groups -OCH3 is 2. The van der Waals surface area contributed by atoms with Gasteiger partial charge in [-0.25, -0.2) is 0 Å². The van der Waals surface area contributed by atoms with E-state index in [9.17, 15) is 0 Å². The second-order valence-electron chi connectivity index (χ2n) is 6.09. The van der Waals surface area contributed by atoms with Gasteiger partial charge in [-0.2, -0.15) is 0 Å². The number of hydrogen-bond donors (Lipinski definition) is 0. The van der Waals surface area contributed by atoms with Gasteiger partial charge in [-0.15, -0.1) is 0 Å². The van der Waals surface area contributed by atoms with Crippen LogP contribution in [0, 0.1) is 0 Å². The van der Waals surface area contributed by atoms with Gasteiger partial charge in [0, 0.05) is 7.11 Å². The fraction of sp³-hybridized carbons (Fsp3) is 0.600. The zero-order valence-corrected chi connectivity index (χ0v) is 13.1. The Kier molecular flexibility index (Phi) is 4.14. The molecular weight excluding hydrogens is 255 g/mol. The summed E-state index contributed by atoms with van der Waals surface area (Å²) in [5.74, 6) is 0.803. The van der Waals surface area contributed by atoms with Crippen LogP contribution in [0.15, 0.2) is 18.2 Å².